The fraction of sp³-hybridized carbons (Fsp3) is 0.344. The fourth-order valence-electron chi connectivity index (χ4n) is 6.00. The van der Waals surface area contributed by atoms with Gasteiger partial charge in [-0.05, 0) is 49.6 Å². The standard InChI is InChI=1S/C32H35N3O7S/c1-5-41-25-16-27(31-32(17-25)20-33-18-24(32)15-30(35(31)37)42-6-2)26-12-11-22(13-21(26)3)19-43(38,39)34-29(36)14-23-9-7-8-10-28(23)40-4/h7-13,15,17-18,20,27H,5-6,14,16,19H2,1-4H3,(H,34,36). The Labute approximate surface area is 251 Å². The Hall–Kier alpha value is -4.38. The van der Waals surface area contributed by atoms with Crippen LogP contribution in [0.2, 0.25) is 0 Å². The molecule has 2 aromatic carbocycles. The number of nitrogens with one attached hydrogen (secondary N) is 1. The maximum Gasteiger partial charge on any atom is 0.379 e. The number of ether oxygens (including phenoxy) is 3. The summed E-state index contributed by atoms with van der Waals surface area (Å²) in [4.78, 5) is 17.0. The van der Waals surface area contributed by atoms with Crippen molar-refractivity contribution in [2.24, 2.45) is 10.4 Å². The molecule has 0 saturated carbocycles. The lowest BCUT2D eigenvalue weighted by molar-refractivity contribution is -0.448. The van der Waals surface area contributed by atoms with Crippen molar-refractivity contribution in [3.05, 3.63) is 105 Å². The molecule has 0 radical (unpaired) electrons. The summed E-state index contributed by atoms with van der Waals surface area (Å²) in [5.41, 5.74) is 3.28. The number of aliphatic imine (C=N–C) groups is 1. The van der Waals surface area contributed by atoms with Crippen molar-refractivity contribution in [2.75, 3.05) is 20.3 Å². The largest absolute Gasteiger partial charge is 0.616 e. The van der Waals surface area contributed by atoms with Crippen LogP contribution in [0.1, 0.15) is 48.4 Å². The first kappa shape index (κ1) is 30.1. The number of benzene rings is 2. The lowest BCUT2D eigenvalue weighted by Crippen LogP contribution is -2.46. The molecule has 0 saturated heterocycles. The van der Waals surface area contributed by atoms with Crippen LogP contribution < -0.4 is 9.46 Å². The average Bonchev–Trinajstić information content (AvgIpc) is 3.34. The summed E-state index contributed by atoms with van der Waals surface area (Å²) in [6.45, 7) is 6.43. The smallest absolute Gasteiger partial charge is 0.379 e. The predicted octanol–water partition coefficient (Wildman–Crippen LogP) is 4.40. The van der Waals surface area contributed by atoms with Gasteiger partial charge >= 0.3 is 5.88 Å². The molecule has 2 heterocycles. The molecule has 10 nitrogen and oxygen atoms in total. The second-order valence-corrected chi connectivity index (χ2v) is 12.3. The van der Waals surface area contributed by atoms with Crippen LogP contribution in [0.25, 0.3) is 0 Å². The second kappa shape index (κ2) is 12.1. The Bertz CT molecular complexity index is 1700. The quantitative estimate of drug-likeness (QED) is 0.297. The molecule has 1 amide bonds. The van der Waals surface area contributed by atoms with Gasteiger partial charge in [-0.2, -0.15) is 0 Å². The topological polar surface area (TPSA) is 129 Å². The average molecular weight is 606 g/mol. The summed E-state index contributed by atoms with van der Waals surface area (Å²) in [5.74, 6) is 0.0487. The van der Waals surface area contributed by atoms with Gasteiger partial charge in [0.15, 0.2) is 0 Å². The molecule has 0 fully saturated rings. The number of aryl methyl sites for hydroxylation is 1. The number of rotatable bonds is 11. The van der Waals surface area contributed by atoms with Crippen molar-refractivity contribution < 1.29 is 32.2 Å². The van der Waals surface area contributed by atoms with Crippen LogP contribution >= 0.6 is 0 Å². The summed E-state index contributed by atoms with van der Waals surface area (Å²) < 4.78 is 45.8. The molecule has 0 aromatic heterocycles. The van der Waals surface area contributed by atoms with E-state index in [9.17, 15) is 18.4 Å². The zero-order valence-electron chi connectivity index (χ0n) is 24.6. The highest BCUT2D eigenvalue weighted by Crippen LogP contribution is 2.49. The molecule has 226 valence electrons. The number of hydrogen-bond acceptors (Lipinski definition) is 8. The van der Waals surface area contributed by atoms with Crippen molar-refractivity contribution in [1.29, 1.82) is 0 Å². The van der Waals surface area contributed by atoms with E-state index in [1.165, 1.54) is 7.11 Å². The molecule has 5 rings (SSSR count). The van der Waals surface area contributed by atoms with Gasteiger partial charge < -0.3 is 19.4 Å². The Morgan fingerprint density at radius 3 is 2.65 bits per heavy atom. The number of methoxy groups -OCH3 is 1. The molecule has 1 spiro atoms. The summed E-state index contributed by atoms with van der Waals surface area (Å²) in [6.07, 6.45) is 7.48. The number of hydrogen-bond donors (Lipinski definition) is 1. The third kappa shape index (κ3) is 5.94. The minimum absolute atomic E-state index is 0.136. The minimum atomic E-state index is -3.98. The lowest BCUT2D eigenvalue weighted by Gasteiger charge is -2.38. The molecular formula is C32H35N3O7S. The van der Waals surface area contributed by atoms with Gasteiger partial charge in [0.1, 0.15) is 11.2 Å². The lowest BCUT2D eigenvalue weighted by atomic mass is 9.65. The summed E-state index contributed by atoms with van der Waals surface area (Å²) in [7, 11) is -2.49. The number of para-hydroxylation sites is 1. The third-order valence-corrected chi connectivity index (χ3v) is 8.97. The van der Waals surface area contributed by atoms with Crippen LogP contribution in [0.5, 0.6) is 5.75 Å². The SMILES string of the molecule is CCOC1=CC23C=NC=C2C=C(OCC)[N+]([O-])=C3C(c2ccc(CS(=O)(=O)NC(=O)Cc3ccccc3OC)cc2C)C1. The molecular weight excluding hydrogens is 570 g/mol. The zero-order valence-corrected chi connectivity index (χ0v) is 25.4. The molecule has 1 aliphatic carbocycles. The normalized spacial score (nSPS) is 20.8. The van der Waals surface area contributed by atoms with E-state index in [-0.39, 0.29) is 24.0 Å². The molecule has 3 aliphatic rings. The van der Waals surface area contributed by atoms with Gasteiger partial charge in [-0.25, -0.2) is 8.42 Å². The first-order chi connectivity index (χ1) is 20.6. The molecule has 2 unspecified atom stereocenters. The second-order valence-electron chi connectivity index (χ2n) is 10.6. The van der Waals surface area contributed by atoms with E-state index in [0.717, 1.165) is 27.2 Å². The van der Waals surface area contributed by atoms with Crippen LogP contribution in [0.3, 0.4) is 0 Å². The van der Waals surface area contributed by atoms with Crippen molar-refractivity contribution in [2.45, 2.75) is 45.3 Å². The van der Waals surface area contributed by atoms with E-state index in [4.69, 9.17) is 14.2 Å². The van der Waals surface area contributed by atoms with E-state index in [0.29, 0.717) is 42.2 Å². The van der Waals surface area contributed by atoms with E-state index in [1.807, 2.05) is 32.9 Å². The van der Waals surface area contributed by atoms with E-state index >= 15 is 0 Å². The van der Waals surface area contributed by atoms with Gasteiger partial charge in [0.05, 0.1) is 50.3 Å². The van der Waals surface area contributed by atoms with Crippen molar-refractivity contribution in [1.82, 2.24) is 4.72 Å². The fourth-order valence-corrected chi connectivity index (χ4v) is 7.11. The molecule has 43 heavy (non-hydrogen) atoms. The maximum atomic E-state index is 13.8. The van der Waals surface area contributed by atoms with Crippen LogP contribution in [-0.4, -0.2) is 51.3 Å². The summed E-state index contributed by atoms with van der Waals surface area (Å²) in [6, 6.07) is 12.3. The van der Waals surface area contributed by atoms with Gasteiger partial charge in [0, 0.05) is 30.0 Å². The van der Waals surface area contributed by atoms with E-state index in [2.05, 4.69) is 9.71 Å². The number of hydroxylamine groups is 1. The van der Waals surface area contributed by atoms with Gasteiger partial charge in [-0.15, -0.1) is 4.74 Å². The minimum Gasteiger partial charge on any atom is -0.616 e. The Balaban J connectivity index is 1.42. The third-order valence-electron chi connectivity index (χ3n) is 7.72. The van der Waals surface area contributed by atoms with Crippen molar-refractivity contribution in [3.8, 4) is 5.75 Å². The van der Waals surface area contributed by atoms with E-state index < -0.39 is 21.3 Å². The first-order valence-corrected chi connectivity index (χ1v) is 15.8. The van der Waals surface area contributed by atoms with Crippen molar-refractivity contribution >= 4 is 27.9 Å². The van der Waals surface area contributed by atoms with Crippen LogP contribution in [0.15, 0.2) is 83.0 Å². The molecule has 2 atom stereocenters. The van der Waals surface area contributed by atoms with Gasteiger partial charge in [0.2, 0.25) is 21.6 Å². The highest BCUT2D eigenvalue weighted by atomic mass is 32.2. The van der Waals surface area contributed by atoms with Crippen LogP contribution in [0, 0.1) is 17.5 Å². The Morgan fingerprint density at radius 1 is 1.16 bits per heavy atom. The highest BCUT2D eigenvalue weighted by molar-refractivity contribution is 7.89. The summed E-state index contributed by atoms with van der Waals surface area (Å²) >= 11 is 0. The molecule has 11 heteroatoms. The number of sulfonamides is 1. The summed E-state index contributed by atoms with van der Waals surface area (Å²) in [5, 5.41) is 13.8. The molecule has 2 aromatic rings. The van der Waals surface area contributed by atoms with Crippen LogP contribution in [-0.2, 0) is 36.5 Å². The molecule has 2 aliphatic heterocycles. The Morgan fingerprint density at radius 2 is 1.93 bits per heavy atom. The first-order valence-electron chi connectivity index (χ1n) is 14.1. The predicted molar refractivity (Wildman–Crippen MR) is 163 cm³/mol. The van der Waals surface area contributed by atoms with Gasteiger partial charge in [-0.1, -0.05) is 36.4 Å². The van der Waals surface area contributed by atoms with E-state index in [1.54, 1.807) is 54.9 Å². The van der Waals surface area contributed by atoms with Gasteiger partial charge in [-0.3, -0.25) is 14.5 Å². The molecule has 0 bridgehead atoms. The monoisotopic (exact) mass is 605 g/mol. The van der Waals surface area contributed by atoms with Crippen molar-refractivity contribution in [3.63, 3.8) is 0 Å². The van der Waals surface area contributed by atoms with Gasteiger partial charge in [0.25, 0.3) is 0 Å². The highest BCUT2D eigenvalue weighted by Gasteiger charge is 2.54. The number of carbonyl (C=O) groups is 1. The Kier molecular flexibility index (Phi) is 8.45. The maximum absolute atomic E-state index is 13.8. The number of allylic oxidation sites excluding steroid dienone is 4. The molecule has 1 N–H and O–H groups in total. The number of carbonyl (C=O) groups excluding carboxylic acids is 1. The zero-order chi connectivity index (χ0) is 30.8. The van der Waals surface area contributed by atoms with Crippen LogP contribution in [0.4, 0.5) is 0 Å². The number of nitrogens with zero attached hydrogens (tertiary/aromatic N) is 2. The number of amides is 1.